The van der Waals surface area contributed by atoms with Gasteiger partial charge in [0.2, 0.25) is 5.88 Å². The van der Waals surface area contributed by atoms with Crippen molar-refractivity contribution in [2.75, 3.05) is 26.2 Å². The second-order valence-corrected chi connectivity index (χ2v) is 5.79. The number of nitrogens with one attached hydrogen (secondary N) is 1. The van der Waals surface area contributed by atoms with Gasteiger partial charge in [0.05, 0.1) is 10.7 Å². The summed E-state index contributed by atoms with van der Waals surface area (Å²) in [4.78, 5) is 14.5. The van der Waals surface area contributed by atoms with E-state index < -0.39 is 0 Å². The highest BCUT2D eigenvalue weighted by Gasteiger charge is 2.16. The molecule has 1 heterocycles. The van der Waals surface area contributed by atoms with Gasteiger partial charge in [-0.1, -0.05) is 37.6 Å². The zero-order valence-electron chi connectivity index (χ0n) is 14.0. The molecule has 0 radical (unpaired) electrons. The molecule has 1 aromatic carbocycles. The molecule has 2 N–H and O–H groups in total. The van der Waals surface area contributed by atoms with Gasteiger partial charge in [-0.25, -0.2) is 0 Å². The fourth-order valence-electron chi connectivity index (χ4n) is 2.42. The fraction of sp³-hybridized carbons (Fsp3) is 0.412. The van der Waals surface area contributed by atoms with Crippen LogP contribution in [0.15, 0.2) is 30.3 Å². The molecular weight excluding hydrogens is 328 g/mol. The van der Waals surface area contributed by atoms with Gasteiger partial charge >= 0.3 is 0 Å². The van der Waals surface area contributed by atoms with Crippen LogP contribution in [0.2, 0.25) is 5.02 Å². The summed E-state index contributed by atoms with van der Waals surface area (Å²) in [5, 5.41) is 17.4. The fourth-order valence-corrected chi connectivity index (χ4v) is 2.63. The van der Waals surface area contributed by atoms with Crippen molar-refractivity contribution < 1.29 is 9.90 Å². The third kappa shape index (κ3) is 4.49. The van der Waals surface area contributed by atoms with E-state index in [9.17, 15) is 9.90 Å². The van der Waals surface area contributed by atoms with Crippen molar-refractivity contribution in [2.45, 2.75) is 20.3 Å². The highest BCUT2D eigenvalue weighted by atomic mass is 35.5. The topological polar surface area (TPSA) is 70.4 Å². The highest BCUT2D eigenvalue weighted by molar-refractivity contribution is 6.32. The Morgan fingerprint density at radius 1 is 1.33 bits per heavy atom. The Labute approximate surface area is 147 Å². The maximum Gasteiger partial charge on any atom is 0.271 e. The molecule has 24 heavy (non-hydrogen) atoms. The molecule has 0 unspecified atom stereocenters. The van der Waals surface area contributed by atoms with Crippen molar-refractivity contribution in [2.24, 2.45) is 0 Å². The van der Waals surface area contributed by atoms with Crippen molar-refractivity contribution in [3.8, 4) is 11.6 Å². The van der Waals surface area contributed by atoms with Gasteiger partial charge in [-0.15, -0.1) is 0 Å². The van der Waals surface area contributed by atoms with Crippen LogP contribution in [0.1, 0.15) is 30.8 Å². The summed E-state index contributed by atoms with van der Waals surface area (Å²) in [6.45, 7) is 7.74. The molecule has 0 aliphatic heterocycles. The minimum atomic E-state index is -0.310. The molecule has 7 heteroatoms. The van der Waals surface area contributed by atoms with Crippen LogP contribution in [-0.2, 0) is 0 Å². The number of amides is 1. The number of hydrogen-bond acceptors (Lipinski definition) is 4. The Balaban J connectivity index is 1.97. The van der Waals surface area contributed by atoms with E-state index in [1.807, 2.05) is 0 Å². The second kappa shape index (κ2) is 8.70. The number of carbonyl (C=O) groups is 1. The lowest BCUT2D eigenvalue weighted by atomic mass is 10.3. The molecule has 0 saturated carbocycles. The van der Waals surface area contributed by atoms with Gasteiger partial charge in [-0.2, -0.15) is 9.78 Å². The second-order valence-electron chi connectivity index (χ2n) is 5.39. The first-order chi connectivity index (χ1) is 11.6. The summed E-state index contributed by atoms with van der Waals surface area (Å²) >= 11 is 6.10. The van der Waals surface area contributed by atoms with E-state index in [0.717, 1.165) is 26.1 Å². The van der Waals surface area contributed by atoms with Crippen LogP contribution in [0, 0.1) is 0 Å². The summed E-state index contributed by atoms with van der Waals surface area (Å²) in [5.74, 6) is -0.438. The van der Waals surface area contributed by atoms with E-state index in [0.29, 0.717) is 17.3 Å². The quantitative estimate of drug-likeness (QED) is 0.718. The zero-order valence-corrected chi connectivity index (χ0v) is 14.8. The van der Waals surface area contributed by atoms with Crippen LogP contribution < -0.4 is 5.32 Å². The van der Waals surface area contributed by atoms with Crippen LogP contribution >= 0.6 is 11.6 Å². The first kappa shape index (κ1) is 18.3. The number of hydrogen-bond donors (Lipinski definition) is 2. The van der Waals surface area contributed by atoms with Crippen molar-refractivity contribution >= 4 is 17.5 Å². The van der Waals surface area contributed by atoms with E-state index in [2.05, 4.69) is 29.2 Å². The van der Waals surface area contributed by atoms with Gasteiger partial charge in [0.1, 0.15) is 0 Å². The van der Waals surface area contributed by atoms with Gasteiger partial charge in [0, 0.05) is 12.6 Å². The molecular formula is C17H23ClN4O2. The van der Waals surface area contributed by atoms with Crippen LogP contribution in [-0.4, -0.2) is 51.9 Å². The van der Waals surface area contributed by atoms with Gasteiger partial charge in [-0.3, -0.25) is 4.79 Å². The molecule has 2 rings (SSSR count). The molecule has 130 valence electrons. The lowest BCUT2D eigenvalue weighted by Crippen LogP contribution is -2.30. The first-order valence-electron chi connectivity index (χ1n) is 8.11. The summed E-state index contributed by atoms with van der Waals surface area (Å²) in [5.41, 5.74) is 0.688. The van der Waals surface area contributed by atoms with Crippen molar-refractivity contribution in [3.05, 3.63) is 41.0 Å². The lowest BCUT2D eigenvalue weighted by molar-refractivity contribution is 0.0946. The van der Waals surface area contributed by atoms with Gasteiger partial charge < -0.3 is 15.3 Å². The van der Waals surface area contributed by atoms with Crippen molar-refractivity contribution in [3.63, 3.8) is 0 Å². The molecule has 0 bridgehead atoms. The molecule has 0 aliphatic rings. The van der Waals surface area contributed by atoms with Crippen LogP contribution in [0.3, 0.4) is 0 Å². The number of aromatic nitrogens is 2. The number of aromatic hydroxyl groups is 1. The smallest absolute Gasteiger partial charge is 0.271 e. The number of rotatable bonds is 8. The molecule has 0 aliphatic carbocycles. The SMILES string of the molecule is CCN(CC)CCCNC(=O)c1cc(O)n(-c2ccccc2Cl)n1. The van der Waals surface area contributed by atoms with E-state index >= 15 is 0 Å². The van der Waals surface area contributed by atoms with Crippen molar-refractivity contribution in [1.29, 1.82) is 0 Å². The summed E-state index contributed by atoms with van der Waals surface area (Å²) in [6, 6.07) is 8.33. The number of carbonyl (C=O) groups excluding carboxylic acids is 1. The molecule has 1 aromatic heterocycles. The lowest BCUT2D eigenvalue weighted by Gasteiger charge is -2.17. The maximum absolute atomic E-state index is 12.2. The Bertz CT molecular complexity index is 683. The Morgan fingerprint density at radius 2 is 2.04 bits per heavy atom. The third-order valence-electron chi connectivity index (χ3n) is 3.83. The van der Waals surface area contributed by atoms with E-state index in [1.54, 1.807) is 24.3 Å². The highest BCUT2D eigenvalue weighted by Crippen LogP contribution is 2.24. The van der Waals surface area contributed by atoms with Crippen LogP contribution in [0.4, 0.5) is 0 Å². The van der Waals surface area contributed by atoms with Gasteiger partial charge in [0.15, 0.2) is 5.69 Å². The predicted molar refractivity (Wildman–Crippen MR) is 95.0 cm³/mol. The summed E-state index contributed by atoms with van der Waals surface area (Å²) in [7, 11) is 0. The normalized spacial score (nSPS) is 11.0. The Kier molecular flexibility index (Phi) is 6.63. The van der Waals surface area contributed by atoms with Crippen LogP contribution in [0.5, 0.6) is 5.88 Å². The largest absolute Gasteiger partial charge is 0.493 e. The number of para-hydroxylation sites is 1. The predicted octanol–water partition coefficient (Wildman–Crippen LogP) is 2.69. The molecule has 0 fully saturated rings. The summed E-state index contributed by atoms with van der Waals surface area (Å²) < 4.78 is 1.26. The molecule has 6 nitrogen and oxygen atoms in total. The first-order valence-corrected chi connectivity index (χ1v) is 8.49. The standard InChI is InChI=1S/C17H23ClN4O2/c1-3-21(4-2)11-7-10-19-17(24)14-12-16(23)22(20-14)15-9-6-5-8-13(15)18/h5-6,8-9,12,23H,3-4,7,10-11H2,1-2H3,(H,19,24). The molecule has 0 saturated heterocycles. The van der Waals surface area contributed by atoms with E-state index in [4.69, 9.17) is 11.6 Å². The molecule has 2 aromatic rings. The number of benzene rings is 1. The van der Waals surface area contributed by atoms with E-state index in [-0.39, 0.29) is 17.5 Å². The average Bonchev–Trinajstić information content (AvgIpc) is 2.97. The third-order valence-corrected chi connectivity index (χ3v) is 4.15. The Morgan fingerprint density at radius 3 is 2.71 bits per heavy atom. The summed E-state index contributed by atoms with van der Waals surface area (Å²) in [6.07, 6.45) is 0.866. The molecule has 0 spiro atoms. The van der Waals surface area contributed by atoms with E-state index in [1.165, 1.54) is 10.7 Å². The minimum Gasteiger partial charge on any atom is -0.493 e. The van der Waals surface area contributed by atoms with Crippen molar-refractivity contribution in [1.82, 2.24) is 20.0 Å². The number of nitrogens with zero attached hydrogens (tertiary/aromatic N) is 3. The Hall–Kier alpha value is -2.05. The zero-order chi connectivity index (χ0) is 17.5. The maximum atomic E-state index is 12.2. The number of halogens is 1. The van der Waals surface area contributed by atoms with Gasteiger partial charge in [-0.05, 0) is 38.2 Å². The minimum absolute atomic E-state index is 0.128. The monoisotopic (exact) mass is 350 g/mol. The molecule has 1 amide bonds. The van der Waals surface area contributed by atoms with Crippen LogP contribution in [0.25, 0.3) is 5.69 Å². The molecule has 0 atom stereocenters. The van der Waals surface area contributed by atoms with Gasteiger partial charge in [0.25, 0.3) is 5.91 Å². The average molecular weight is 351 g/mol.